The van der Waals surface area contributed by atoms with Crippen LogP contribution in [0.25, 0.3) is 11.1 Å². The van der Waals surface area contributed by atoms with E-state index in [9.17, 15) is 19.5 Å². The number of aliphatic carboxylic acids is 1. The minimum Gasteiger partial charge on any atom is -0.480 e. The third-order valence-corrected chi connectivity index (χ3v) is 5.99. The van der Waals surface area contributed by atoms with Gasteiger partial charge in [0.1, 0.15) is 12.6 Å². The van der Waals surface area contributed by atoms with E-state index in [1.807, 2.05) is 38.1 Å². The number of rotatable bonds is 10. The van der Waals surface area contributed by atoms with Crippen molar-refractivity contribution in [3.05, 3.63) is 59.7 Å². The highest BCUT2D eigenvalue weighted by molar-refractivity contribution is 5.85. The van der Waals surface area contributed by atoms with Gasteiger partial charge in [0.2, 0.25) is 5.91 Å². The summed E-state index contributed by atoms with van der Waals surface area (Å²) < 4.78 is 5.54. The highest BCUT2D eigenvalue weighted by atomic mass is 16.5. The van der Waals surface area contributed by atoms with Crippen LogP contribution in [-0.4, -0.2) is 42.3 Å². The topological polar surface area (TPSA) is 105 Å². The van der Waals surface area contributed by atoms with Gasteiger partial charge in [-0.15, -0.1) is 0 Å². The first-order chi connectivity index (χ1) is 15.8. The molecular formula is C26H32N2O5. The number of ether oxygens (including phenoxy) is 1. The number of fused-ring (bicyclic) bond motifs is 3. The Labute approximate surface area is 194 Å². The van der Waals surface area contributed by atoms with E-state index in [1.54, 1.807) is 6.92 Å². The zero-order valence-corrected chi connectivity index (χ0v) is 19.3. The van der Waals surface area contributed by atoms with Gasteiger partial charge in [0.05, 0.1) is 5.92 Å². The summed E-state index contributed by atoms with van der Waals surface area (Å²) in [5, 5.41) is 14.5. The molecule has 2 atom stereocenters. The first-order valence-corrected chi connectivity index (χ1v) is 11.4. The van der Waals surface area contributed by atoms with E-state index in [0.29, 0.717) is 6.42 Å². The molecule has 0 saturated carbocycles. The summed E-state index contributed by atoms with van der Waals surface area (Å²) in [6.07, 6.45) is 0.213. The number of benzene rings is 2. The molecule has 0 heterocycles. The first kappa shape index (κ1) is 24.3. The lowest BCUT2D eigenvalue weighted by atomic mass is 9.95. The molecule has 7 nitrogen and oxygen atoms in total. The lowest BCUT2D eigenvalue weighted by Gasteiger charge is -2.22. The van der Waals surface area contributed by atoms with Gasteiger partial charge in [-0.25, -0.2) is 9.59 Å². The Hall–Kier alpha value is -3.35. The Morgan fingerprint density at radius 2 is 1.58 bits per heavy atom. The molecular weight excluding hydrogens is 420 g/mol. The van der Waals surface area contributed by atoms with E-state index < -0.39 is 24.0 Å². The van der Waals surface area contributed by atoms with Gasteiger partial charge in [0.25, 0.3) is 0 Å². The van der Waals surface area contributed by atoms with Crippen molar-refractivity contribution in [3.63, 3.8) is 0 Å². The van der Waals surface area contributed by atoms with Crippen LogP contribution in [0.1, 0.15) is 50.7 Å². The molecule has 2 aromatic carbocycles. The molecule has 0 saturated heterocycles. The maximum Gasteiger partial charge on any atom is 0.407 e. The fourth-order valence-electron chi connectivity index (χ4n) is 4.34. The van der Waals surface area contributed by atoms with Crippen molar-refractivity contribution in [2.75, 3.05) is 13.2 Å². The van der Waals surface area contributed by atoms with Crippen molar-refractivity contribution in [1.82, 2.24) is 10.6 Å². The number of alkyl carbamates (subject to hydrolysis) is 1. The van der Waals surface area contributed by atoms with Crippen LogP contribution in [0.15, 0.2) is 48.5 Å². The highest BCUT2D eigenvalue weighted by Gasteiger charge is 2.29. The van der Waals surface area contributed by atoms with Crippen LogP contribution in [-0.2, 0) is 14.3 Å². The second kappa shape index (κ2) is 11.0. The monoisotopic (exact) mass is 452 g/mol. The van der Waals surface area contributed by atoms with Gasteiger partial charge in [0.15, 0.2) is 0 Å². The summed E-state index contributed by atoms with van der Waals surface area (Å²) in [5.74, 6) is -1.83. The SMILES string of the molecule is CC[C@@H](NC(=O)C(CNC(=O)OCC1c2ccccc2-c2ccccc21)CC(C)C)C(=O)O. The number of amides is 2. The predicted octanol–water partition coefficient (Wildman–Crippen LogP) is 4.17. The fraction of sp³-hybridized carbons (Fsp3) is 0.423. The Morgan fingerprint density at radius 3 is 2.09 bits per heavy atom. The van der Waals surface area contributed by atoms with Gasteiger partial charge in [-0.2, -0.15) is 0 Å². The van der Waals surface area contributed by atoms with Crippen molar-refractivity contribution in [2.45, 2.75) is 45.6 Å². The van der Waals surface area contributed by atoms with Crippen LogP contribution >= 0.6 is 0 Å². The predicted molar refractivity (Wildman–Crippen MR) is 126 cm³/mol. The van der Waals surface area contributed by atoms with Crippen molar-refractivity contribution in [1.29, 1.82) is 0 Å². The van der Waals surface area contributed by atoms with Crippen molar-refractivity contribution in [3.8, 4) is 11.1 Å². The molecule has 176 valence electrons. The molecule has 1 aliphatic carbocycles. The van der Waals surface area contributed by atoms with E-state index in [2.05, 4.69) is 34.9 Å². The van der Waals surface area contributed by atoms with Gasteiger partial charge in [-0.05, 0) is 41.0 Å². The van der Waals surface area contributed by atoms with Crippen molar-refractivity contribution in [2.24, 2.45) is 11.8 Å². The average Bonchev–Trinajstić information content (AvgIpc) is 3.12. The van der Waals surface area contributed by atoms with Gasteiger partial charge in [-0.1, -0.05) is 69.3 Å². The molecule has 0 radical (unpaired) electrons. The molecule has 2 amide bonds. The lowest BCUT2D eigenvalue weighted by molar-refractivity contribution is -0.142. The van der Waals surface area contributed by atoms with Gasteiger partial charge in [0, 0.05) is 12.5 Å². The Morgan fingerprint density at radius 1 is 1.00 bits per heavy atom. The number of hydrogen-bond donors (Lipinski definition) is 3. The Kier molecular flexibility index (Phi) is 8.09. The van der Waals surface area contributed by atoms with E-state index in [0.717, 1.165) is 22.3 Å². The molecule has 0 spiro atoms. The number of carbonyl (C=O) groups excluding carboxylic acids is 2. The van der Waals surface area contributed by atoms with Crippen LogP contribution in [0.2, 0.25) is 0 Å². The maximum atomic E-state index is 12.6. The molecule has 3 N–H and O–H groups in total. The number of carbonyl (C=O) groups is 3. The normalized spacial score (nSPS) is 14.2. The largest absolute Gasteiger partial charge is 0.480 e. The van der Waals surface area contributed by atoms with E-state index >= 15 is 0 Å². The number of hydrogen-bond acceptors (Lipinski definition) is 4. The maximum absolute atomic E-state index is 12.6. The molecule has 0 fully saturated rings. The second-order valence-electron chi connectivity index (χ2n) is 8.84. The summed E-state index contributed by atoms with van der Waals surface area (Å²) in [4.78, 5) is 36.4. The fourth-order valence-corrected chi connectivity index (χ4v) is 4.34. The number of carboxylic acids is 1. The quantitative estimate of drug-likeness (QED) is 0.502. The summed E-state index contributed by atoms with van der Waals surface area (Å²) in [7, 11) is 0. The van der Waals surface area contributed by atoms with Crippen LogP contribution in [0.5, 0.6) is 0 Å². The van der Waals surface area contributed by atoms with E-state index in [4.69, 9.17) is 4.74 Å². The van der Waals surface area contributed by atoms with Crippen LogP contribution in [0.3, 0.4) is 0 Å². The molecule has 1 unspecified atom stereocenters. The van der Waals surface area contributed by atoms with Crippen LogP contribution in [0.4, 0.5) is 4.79 Å². The minimum atomic E-state index is -1.07. The zero-order chi connectivity index (χ0) is 24.0. The molecule has 2 aromatic rings. The van der Waals surface area contributed by atoms with Crippen LogP contribution < -0.4 is 10.6 Å². The lowest BCUT2D eigenvalue weighted by Crippen LogP contribution is -2.46. The minimum absolute atomic E-state index is 0.0428. The molecule has 33 heavy (non-hydrogen) atoms. The third-order valence-electron chi connectivity index (χ3n) is 5.99. The molecule has 7 heteroatoms. The number of carboxylic acid groups (broad SMARTS) is 1. The highest BCUT2D eigenvalue weighted by Crippen LogP contribution is 2.44. The summed E-state index contributed by atoms with van der Waals surface area (Å²) in [5.41, 5.74) is 4.56. The number of nitrogens with one attached hydrogen (secondary N) is 2. The smallest absolute Gasteiger partial charge is 0.407 e. The Bertz CT molecular complexity index is 958. The summed E-state index contributed by atoms with van der Waals surface area (Å²) in [6, 6.07) is 15.3. The molecule has 3 rings (SSSR count). The average molecular weight is 453 g/mol. The summed E-state index contributed by atoms with van der Waals surface area (Å²) in [6.45, 7) is 5.92. The molecule has 1 aliphatic rings. The molecule has 0 aromatic heterocycles. The first-order valence-electron chi connectivity index (χ1n) is 11.4. The van der Waals surface area contributed by atoms with Gasteiger partial charge >= 0.3 is 12.1 Å². The van der Waals surface area contributed by atoms with Crippen molar-refractivity contribution < 1.29 is 24.2 Å². The molecule has 0 aliphatic heterocycles. The van der Waals surface area contributed by atoms with Crippen LogP contribution in [0, 0.1) is 11.8 Å². The zero-order valence-electron chi connectivity index (χ0n) is 19.3. The Balaban J connectivity index is 1.59. The van der Waals surface area contributed by atoms with E-state index in [-0.39, 0.29) is 37.3 Å². The molecule has 0 bridgehead atoms. The standard InChI is InChI=1S/C26H32N2O5/c1-4-23(25(30)31)28-24(29)17(13-16(2)3)14-27-26(32)33-15-22-20-11-7-5-9-18(20)19-10-6-8-12-21(19)22/h5-12,16-17,22-23H,4,13-15H2,1-3H3,(H,27,32)(H,28,29)(H,30,31)/t17?,23-/m1/s1. The van der Waals surface area contributed by atoms with Gasteiger partial charge in [-0.3, -0.25) is 4.79 Å². The summed E-state index contributed by atoms with van der Waals surface area (Å²) >= 11 is 0. The van der Waals surface area contributed by atoms with Gasteiger partial charge < -0.3 is 20.5 Å². The third kappa shape index (κ3) is 5.92. The second-order valence-corrected chi connectivity index (χ2v) is 8.84. The van der Waals surface area contributed by atoms with Crippen molar-refractivity contribution >= 4 is 18.0 Å². The van der Waals surface area contributed by atoms with E-state index in [1.165, 1.54) is 0 Å².